The molecular weight excluding hydrogens is 889 g/mol. The lowest BCUT2D eigenvalue weighted by Gasteiger charge is -2.29. The molecule has 346 valence electrons. The molecule has 0 saturated heterocycles. The molecule has 1 aromatic heterocycles. The normalized spacial score (nSPS) is 11.3. The van der Waals surface area contributed by atoms with Crippen molar-refractivity contribution in [3.05, 3.63) is 291 Å². The fourth-order valence-electron chi connectivity index (χ4n) is 10.4. The van der Waals surface area contributed by atoms with Gasteiger partial charge in [0.2, 0.25) is 0 Å². The van der Waals surface area contributed by atoms with Gasteiger partial charge < -0.3 is 24.0 Å². The molecule has 0 aliphatic rings. The minimum absolute atomic E-state index is 0.831. The number of para-hydroxylation sites is 4. The average molecular weight is 937 g/mol. The molecule has 5 heteroatoms. The van der Waals surface area contributed by atoms with Crippen molar-refractivity contribution in [3.8, 4) is 0 Å². The van der Waals surface area contributed by atoms with Crippen LogP contribution in [-0.2, 0) is 0 Å². The van der Waals surface area contributed by atoms with E-state index in [4.69, 9.17) is 4.42 Å². The van der Waals surface area contributed by atoms with E-state index in [1.165, 1.54) is 21.5 Å². The number of hydrogen-bond donors (Lipinski definition) is 0. The highest BCUT2D eigenvalue weighted by Crippen LogP contribution is 2.45. The van der Waals surface area contributed by atoms with Crippen molar-refractivity contribution < 1.29 is 4.42 Å². The van der Waals surface area contributed by atoms with Crippen LogP contribution in [0, 0.1) is 0 Å². The lowest BCUT2D eigenvalue weighted by atomic mass is 10.1. The Bertz CT molecular complexity index is 3760. The topological polar surface area (TPSA) is 26.1 Å². The Morgan fingerprint density at radius 2 is 0.466 bits per heavy atom. The monoisotopic (exact) mass is 936 g/mol. The maximum absolute atomic E-state index is 6.61. The first kappa shape index (κ1) is 43.2. The SMILES string of the molecule is c1ccc(N(c2ccc(N(c3ccccc3)c3cccc4ccccc34)cc2)c2ccc3oc4ccc(N(c5ccccc5)c5ccc(N(c6ccccc6)c6cccc7ccccc67)cc5)cc4c3c2)cc1. The summed E-state index contributed by atoms with van der Waals surface area (Å²) in [6, 6.07) is 104. The minimum Gasteiger partial charge on any atom is -0.456 e. The fraction of sp³-hybridized carbons (Fsp3) is 0. The first-order valence-corrected chi connectivity index (χ1v) is 24.7. The Balaban J connectivity index is 0.890. The van der Waals surface area contributed by atoms with Crippen LogP contribution >= 0.6 is 0 Å². The van der Waals surface area contributed by atoms with Crippen LogP contribution in [0.2, 0.25) is 0 Å². The molecule has 0 spiro atoms. The van der Waals surface area contributed by atoms with Crippen molar-refractivity contribution in [1.82, 2.24) is 0 Å². The fourth-order valence-corrected chi connectivity index (χ4v) is 10.4. The maximum atomic E-state index is 6.61. The van der Waals surface area contributed by atoms with Crippen LogP contribution in [0.1, 0.15) is 0 Å². The quantitative estimate of drug-likeness (QED) is 0.122. The van der Waals surface area contributed by atoms with E-state index in [1.807, 2.05) is 0 Å². The van der Waals surface area contributed by atoms with E-state index in [-0.39, 0.29) is 0 Å². The van der Waals surface area contributed by atoms with Gasteiger partial charge in [-0.1, -0.05) is 146 Å². The van der Waals surface area contributed by atoms with Gasteiger partial charge in [0.25, 0.3) is 0 Å². The second-order valence-electron chi connectivity index (χ2n) is 18.2. The molecule has 0 unspecified atom stereocenters. The molecule has 0 aliphatic heterocycles. The van der Waals surface area contributed by atoms with Gasteiger partial charge in [-0.25, -0.2) is 0 Å². The van der Waals surface area contributed by atoms with Crippen LogP contribution in [-0.4, -0.2) is 0 Å². The predicted octanol–water partition coefficient (Wildman–Crippen LogP) is 19.8. The number of furan rings is 1. The third-order valence-corrected chi connectivity index (χ3v) is 13.8. The zero-order valence-corrected chi connectivity index (χ0v) is 39.9. The Morgan fingerprint density at radius 1 is 0.192 bits per heavy atom. The minimum atomic E-state index is 0.831. The molecule has 73 heavy (non-hydrogen) atoms. The summed E-state index contributed by atoms with van der Waals surface area (Å²) in [5, 5.41) is 6.87. The van der Waals surface area contributed by atoms with Crippen molar-refractivity contribution in [2.75, 3.05) is 19.6 Å². The Hall–Kier alpha value is -9.84. The van der Waals surface area contributed by atoms with E-state index < -0.39 is 0 Å². The van der Waals surface area contributed by atoms with Gasteiger partial charge >= 0.3 is 0 Å². The molecule has 0 saturated carbocycles. The molecular formula is C68H48N4O. The second-order valence-corrected chi connectivity index (χ2v) is 18.2. The number of benzene rings is 12. The van der Waals surface area contributed by atoms with Crippen molar-refractivity contribution in [3.63, 3.8) is 0 Å². The van der Waals surface area contributed by atoms with Gasteiger partial charge in [0, 0.05) is 78.4 Å². The first-order valence-electron chi connectivity index (χ1n) is 24.7. The van der Waals surface area contributed by atoms with Gasteiger partial charge in [0.15, 0.2) is 0 Å². The van der Waals surface area contributed by atoms with Crippen LogP contribution < -0.4 is 19.6 Å². The van der Waals surface area contributed by atoms with E-state index >= 15 is 0 Å². The van der Waals surface area contributed by atoms with Crippen molar-refractivity contribution in [2.45, 2.75) is 0 Å². The molecule has 0 radical (unpaired) electrons. The van der Waals surface area contributed by atoms with E-state index in [0.717, 1.165) is 90.2 Å². The summed E-state index contributed by atoms with van der Waals surface area (Å²) >= 11 is 0. The maximum Gasteiger partial charge on any atom is 0.135 e. The average Bonchev–Trinajstić information content (AvgIpc) is 3.83. The molecule has 0 fully saturated rings. The number of nitrogens with zero attached hydrogens (tertiary/aromatic N) is 4. The summed E-state index contributed by atoms with van der Waals surface area (Å²) in [4.78, 5) is 9.34. The van der Waals surface area contributed by atoms with E-state index in [1.54, 1.807) is 0 Å². The number of anilines is 12. The van der Waals surface area contributed by atoms with Crippen LogP contribution in [0.25, 0.3) is 43.5 Å². The van der Waals surface area contributed by atoms with Crippen LogP contribution in [0.15, 0.2) is 296 Å². The predicted molar refractivity (Wildman–Crippen MR) is 307 cm³/mol. The summed E-state index contributed by atoms with van der Waals surface area (Å²) in [7, 11) is 0. The number of hydrogen-bond acceptors (Lipinski definition) is 5. The summed E-state index contributed by atoms with van der Waals surface area (Å²) in [5.41, 5.74) is 14.5. The molecule has 13 aromatic rings. The third-order valence-electron chi connectivity index (χ3n) is 13.8. The Kier molecular flexibility index (Phi) is 11.1. The van der Waals surface area contributed by atoms with Crippen molar-refractivity contribution in [2.24, 2.45) is 0 Å². The highest BCUT2D eigenvalue weighted by Gasteiger charge is 2.22. The molecule has 0 atom stereocenters. The molecule has 0 aliphatic carbocycles. The molecule has 1 heterocycles. The molecule has 0 N–H and O–H groups in total. The van der Waals surface area contributed by atoms with E-state index in [0.29, 0.717) is 0 Å². The molecule has 0 amide bonds. The first-order chi connectivity index (χ1) is 36.2. The summed E-state index contributed by atoms with van der Waals surface area (Å²) in [6.07, 6.45) is 0. The van der Waals surface area contributed by atoms with Gasteiger partial charge in [-0.15, -0.1) is 0 Å². The highest BCUT2D eigenvalue weighted by atomic mass is 16.3. The van der Waals surface area contributed by atoms with Gasteiger partial charge in [-0.3, -0.25) is 0 Å². The smallest absolute Gasteiger partial charge is 0.135 e. The highest BCUT2D eigenvalue weighted by molar-refractivity contribution is 6.08. The summed E-state index contributed by atoms with van der Waals surface area (Å²) in [5.74, 6) is 0. The van der Waals surface area contributed by atoms with E-state index in [2.05, 4.69) is 311 Å². The lowest BCUT2D eigenvalue weighted by Crippen LogP contribution is -2.12. The van der Waals surface area contributed by atoms with Crippen LogP contribution in [0.4, 0.5) is 68.2 Å². The van der Waals surface area contributed by atoms with Gasteiger partial charge in [-0.05, 0) is 156 Å². The van der Waals surface area contributed by atoms with Crippen LogP contribution in [0.3, 0.4) is 0 Å². The van der Waals surface area contributed by atoms with E-state index in [9.17, 15) is 0 Å². The van der Waals surface area contributed by atoms with Crippen molar-refractivity contribution >= 4 is 112 Å². The van der Waals surface area contributed by atoms with Gasteiger partial charge in [0.05, 0.1) is 11.4 Å². The molecule has 5 nitrogen and oxygen atoms in total. The zero-order valence-electron chi connectivity index (χ0n) is 39.9. The lowest BCUT2D eigenvalue weighted by molar-refractivity contribution is 0.669. The van der Waals surface area contributed by atoms with Gasteiger partial charge in [0.1, 0.15) is 11.2 Å². The Morgan fingerprint density at radius 3 is 0.836 bits per heavy atom. The molecule has 12 aromatic carbocycles. The van der Waals surface area contributed by atoms with Gasteiger partial charge in [-0.2, -0.15) is 0 Å². The number of rotatable bonds is 12. The summed E-state index contributed by atoms with van der Waals surface area (Å²) in [6.45, 7) is 0. The third kappa shape index (κ3) is 8.15. The van der Waals surface area contributed by atoms with Crippen molar-refractivity contribution in [1.29, 1.82) is 0 Å². The standard InChI is InChI=1S/C68H48N4O/c1-5-23-51(24-6-1)69(55-35-39-57(40-36-55)71(53-27-9-3-10-28-53)65-33-17-21-49-19-13-15-31-61(49)65)59-43-45-67-63(47-59)64-48-60(44-46-68(64)73-67)70(52-25-7-2-8-26-52)56-37-41-58(42-38-56)72(54-29-11-4-12-30-54)66-34-18-22-50-20-14-16-32-62(50)66/h1-48H. The molecule has 0 bridgehead atoms. The Labute approximate surface area is 424 Å². The largest absolute Gasteiger partial charge is 0.456 e. The summed E-state index contributed by atoms with van der Waals surface area (Å²) < 4.78 is 6.61. The van der Waals surface area contributed by atoms with Crippen LogP contribution in [0.5, 0.6) is 0 Å². The number of fused-ring (bicyclic) bond motifs is 5. The second kappa shape index (κ2) is 18.8. The zero-order chi connectivity index (χ0) is 48.5. The molecule has 13 rings (SSSR count).